The van der Waals surface area contributed by atoms with E-state index in [0.29, 0.717) is 6.61 Å². The number of alkyl halides is 1. The molecular weight excluding hydrogens is 196 g/mol. The van der Waals surface area contributed by atoms with Gasteiger partial charge in [0, 0.05) is 12.5 Å². The molecule has 0 heterocycles. The highest BCUT2D eigenvalue weighted by molar-refractivity contribution is 6.20. The molecule has 78 valence electrons. The second kappa shape index (κ2) is 6.05. The predicted molar refractivity (Wildman–Crippen MR) is 60.8 cm³/mol. The highest BCUT2D eigenvalue weighted by Crippen LogP contribution is 2.10. The zero-order valence-corrected chi connectivity index (χ0v) is 9.55. The smallest absolute Gasteiger partial charge is 0.0713 e. The molecule has 0 spiro atoms. The van der Waals surface area contributed by atoms with Crippen LogP contribution in [0, 0.1) is 0 Å². The Balaban J connectivity index is 2.46. The average molecular weight is 213 g/mol. The summed E-state index contributed by atoms with van der Waals surface area (Å²) in [5.74, 6) is 0. The molecule has 0 amide bonds. The van der Waals surface area contributed by atoms with Crippen molar-refractivity contribution in [3.8, 4) is 0 Å². The average Bonchev–Trinajstić information content (AvgIpc) is 2.17. The summed E-state index contributed by atoms with van der Waals surface area (Å²) in [5, 5.41) is 0.258. The summed E-state index contributed by atoms with van der Waals surface area (Å²) < 4.78 is 5.04. The molecule has 0 saturated heterocycles. The molecule has 1 rings (SSSR count). The van der Waals surface area contributed by atoms with Gasteiger partial charge in [-0.15, -0.1) is 11.6 Å². The molecule has 0 fully saturated rings. The Morgan fingerprint density at radius 3 is 2.29 bits per heavy atom. The summed E-state index contributed by atoms with van der Waals surface area (Å²) in [7, 11) is 1.71. The first-order chi connectivity index (χ1) is 6.72. The van der Waals surface area contributed by atoms with Crippen molar-refractivity contribution in [1.82, 2.24) is 0 Å². The Morgan fingerprint density at radius 1 is 1.21 bits per heavy atom. The van der Waals surface area contributed by atoms with Gasteiger partial charge in [-0.1, -0.05) is 24.3 Å². The number of methoxy groups -OCH3 is 1. The summed E-state index contributed by atoms with van der Waals surface area (Å²) in [4.78, 5) is 0. The molecular formula is C12H17ClO. The molecule has 0 aliphatic heterocycles. The normalized spacial score (nSPS) is 12.8. The maximum absolute atomic E-state index is 5.89. The van der Waals surface area contributed by atoms with Gasteiger partial charge >= 0.3 is 0 Å². The lowest BCUT2D eigenvalue weighted by atomic mass is 10.1. The Kier molecular flexibility index (Phi) is 4.99. The lowest BCUT2D eigenvalue weighted by Crippen LogP contribution is -1.95. The summed E-state index contributed by atoms with van der Waals surface area (Å²) in [6, 6.07) is 8.51. The third-order valence-corrected chi connectivity index (χ3v) is 2.38. The Hall–Kier alpha value is -0.530. The van der Waals surface area contributed by atoms with E-state index in [9.17, 15) is 0 Å². The minimum Gasteiger partial charge on any atom is -0.380 e. The standard InChI is InChI=1S/C12H17ClO/c1-10(13)3-4-11-5-7-12(8-6-11)9-14-2/h5-8,10H,3-4,9H2,1-2H3. The fourth-order valence-electron chi connectivity index (χ4n) is 1.33. The maximum atomic E-state index is 5.89. The summed E-state index contributed by atoms with van der Waals surface area (Å²) in [5.41, 5.74) is 2.56. The van der Waals surface area contributed by atoms with E-state index in [1.165, 1.54) is 11.1 Å². The molecule has 2 heteroatoms. The van der Waals surface area contributed by atoms with Crippen molar-refractivity contribution in [3.05, 3.63) is 35.4 Å². The highest BCUT2D eigenvalue weighted by atomic mass is 35.5. The lowest BCUT2D eigenvalue weighted by Gasteiger charge is -2.04. The van der Waals surface area contributed by atoms with Crippen molar-refractivity contribution < 1.29 is 4.74 Å². The van der Waals surface area contributed by atoms with Crippen molar-refractivity contribution in [2.24, 2.45) is 0 Å². The first-order valence-electron chi connectivity index (χ1n) is 4.93. The summed E-state index contributed by atoms with van der Waals surface area (Å²) >= 11 is 5.89. The monoisotopic (exact) mass is 212 g/mol. The van der Waals surface area contributed by atoms with E-state index in [1.54, 1.807) is 7.11 Å². The predicted octanol–water partition coefficient (Wildman–Crippen LogP) is 3.39. The Labute approximate surface area is 91.0 Å². The Bertz CT molecular complexity index is 254. The maximum Gasteiger partial charge on any atom is 0.0713 e. The van der Waals surface area contributed by atoms with Gasteiger partial charge in [-0.3, -0.25) is 0 Å². The molecule has 0 radical (unpaired) electrons. The topological polar surface area (TPSA) is 9.23 Å². The van der Waals surface area contributed by atoms with Crippen LogP contribution in [0.5, 0.6) is 0 Å². The van der Waals surface area contributed by atoms with Gasteiger partial charge in [-0.25, -0.2) is 0 Å². The van der Waals surface area contributed by atoms with Gasteiger partial charge in [0.25, 0.3) is 0 Å². The van der Waals surface area contributed by atoms with Crippen LogP contribution in [-0.4, -0.2) is 12.5 Å². The first kappa shape index (κ1) is 11.5. The van der Waals surface area contributed by atoms with Gasteiger partial charge in [-0.2, -0.15) is 0 Å². The van der Waals surface area contributed by atoms with E-state index in [1.807, 2.05) is 6.92 Å². The van der Waals surface area contributed by atoms with Crippen molar-refractivity contribution in [3.63, 3.8) is 0 Å². The van der Waals surface area contributed by atoms with Gasteiger partial charge < -0.3 is 4.74 Å². The van der Waals surface area contributed by atoms with E-state index in [0.717, 1.165) is 12.8 Å². The summed E-state index contributed by atoms with van der Waals surface area (Å²) in [6.45, 7) is 2.72. The van der Waals surface area contributed by atoms with Gasteiger partial charge in [0.05, 0.1) is 6.61 Å². The van der Waals surface area contributed by atoms with Gasteiger partial charge in [0.1, 0.15) is 0 Å². The quantitative estimate of drug-likeness (QED) is 0.680. The fraction of sp³-hybridized carbons (Fsp3) is 0.500. The molecule has 1 aromatic carbocycles. The minimum atomic E-state index is 0.258. The first-order valence-corrected chi connectivity index (χ1v) is 5.37. The second-order valence-electron chi connectivity index (χ2n) is 3.57. The van der Waals surface area contributed by atoms with Crippen LogP contribution < -0.4 is 0 Å². The van der Waals surface area contributed by atoms with Gasteiger partial charge in [0.15, 0.2) is 0 Å². The van der Waals surface area contributed by atoms with Crippen LogP contribution in [0.25, 0.3) is 0 Å². The number of rotatable bonds is 5. The largest absolute Gasteiger partial charge is 0.380 e. The van der Waals surface area contributed by atoms with Crippen LogP contribution in [0.4, 0.5) is 0 Å². The molecule has 0 aromatic heterocycles. The summed E-state index contributed by atoms with van der Waals surface area (Å²) in [6.07, 6.45) is 2.09. The van der Waals surface area contributed by atoms with Crippen molar-refractivity contribution in [1.29, 1.82) is 0 Å². The molecule has 1 nitrogen and oxygen atoms in total. The zero-order valence-electron chi connectivity index (χ0n) is 8.79. The SMILES string of the molecule is COCc1ccc(CCC(C)Cl)cc1. The number of aryl methyl sites for hydroxylation is 1. The molecule has 0 aliphatic carbocycles. The molecule has 1 atom stereocenters. The number of halogens is 1. The number of ether oxygens (including phenoxy) is 1. The van der Waals surface area contributed by atoms with E-state index in [2.05, 4.69) is 24.3 Å². The number of hydrogen-bond donors (Lipinski definition) is 0. The fourth-order valence-corrected chi connectivity index (χ4v) is 1.44. The molecule has 0 N–H and O–H groups in total. The molecule has 0 saturated carbocycles. The van der Waals surface area contributed by atoms with E-state index >= 15 is 0 Å². The van der Waals surface area contributed by atoms with Gasteiger partial charge in [0.2, 0.25) is 0 Å². The van der Waals surface area contributed by atoms with Crippen LogP contribution in [-0.2, 0) is 17.8 Å². The highest BCUT2D eigenvalue weighted by Gasteiger charge is 1.98. The molecule has 14 heavy (non-hydrogen) atoms. The Morgan fingerprint density at radius 2 is 1.79 bits per heavy atom. The van der Waals surface area contributed by atoms with E-state index in [4.69, 9.17) is 16.3 Å². The zero-order chi connectivity index (χ0) is 10.4. The molecule has 1 unspecified atom stereocenters. The van der Waals surface area contributed by atoms with E-state index < -0.39 is 0 Å². The third-order valence-electron chi connectivity index (χ3n) is 2.16. The van der Waals surface area contributed by atoms with Crippen molar-refractivity contribution >= 4 is 11.6 Å². The van der Waals surface area contributed by atoms with Crippen LogP contribution in [0.15, 0.2) is 24.3 Å². The van der Waals surface area contributed by atoms with E-state index in [-0.39, 0.29) is 5.38 Å². The van der Waals surface area contributed by atoms with Crippen LogP contribution in [0.3, 0.4) is 0 Å². The third kappa shape index (κ3) is 4.12. The molecule has 0 aliphatic rings. The van der Waals surface area contributed by atoms with Crippen molar-refractivity contribution in [2.45, 2.75) is 31.7 Å². The molecule has 0 bridgehead atoms. The van der Waals surface area contributed by atoms with Crippen molar-refractivity contribution in [2.75, 3.05) is 7.11 Å². The second-order valence-corrected chi connectivity index (χ2v) is 4.31. The minimum absolute atomic E-state index is 0.258. The molecule has 1 aromatic rings. The lowest BCUT2D eigenvalue weighted by molar-refractivity contribution is 0.185. The van der Waals surface area contributed by atoms with Crippen LogP contribution in [0.2, 0.25) is 0 Å². The van der Waals surface area contributed by atoms with Crippen LogP contribution in [0.1, 0.15) is 24.5 Å². The van der Waals surface area contributed by atoms with Crippen LogP contribution >= 0.6 is 11.6 Å². The number of benzene rings is 1. The number of hydrogen-bond acceptors (Lipinski definition) is 1. The van der Waals surface area contributed by atoms with Gasteiger partial charge in [-0.05, 0) is 30.9 Å².